The number of hydrogen-bond donors (Lipinski definition) is 0. The number of halogens is 1. The molecule has 0 N–H and O–H groups in total. The van der Waals surface area contributed by atoms with Crippen molar-refractivity contribution in [3.63, 3.8) is 0 Å². The van der Waals surface area contributed by atoms with Crippen molar-refractivity contribution in [2.24, 2.45) is 5.92 Å². The maximum Gasteiger partial charge on any atom is 0.262 e. The molecule has 0 fully saturated rings. The fraction of sp³-hybridized carbons (Fsp3) is 0.308. The van der Waals surface area contributed by atoms with Crippen LogP contribution in [-0.2, 0) is 4.79 Å². The van der Waals surface area contributed by atoms with E-state index < -0.39 is 23.1 Å². The number of imide groups is 1. The summed E-state index contributed by atoms with van der Waals surface area (Å²) in [6.07, 6.45) is 0. The van der Waals surface area contributed by atoms with Gasteiger partial charge in [-0.1, -0.05) is 26.0 Å². The van der Waals surface area contributed by atoms with Crippen molar-refractivity contribution < 1.29 is 14.4 Å². The molecule has 0 bridgehead atoms. The average Bonchev–Trinajstić information content (AvgIpc) is 2.55. The van der Waals surface area contributed by atoms with Crippen LogP contribution in [-0.4, -0.2) is 28.0 Å². The molecule has 0 spiro atoms. The largest absolute Gasteiger partial charge is 0.279 e. The molecule has 0 radical (unpaired) electrons. The molecule has 1 aromatic rings. The first-order valence-electron chi connectivity index (χ1n) is 5.61. The smallest absolute Gasteiger partial charge is 0.262 e. The van der Waals surface area contributed by atoms with Gasteiger partial charge < -0.3 is 0 Å². The highest BCUT2D eigenvalue weighted by atomic mass is 35.5. The molecule has 1 unspecified atom stereocenters. The summed E-state index contributed by atoms with van der Waals surface area (Å²) in [5.74, 6) is -1.14. The molecular formula is C13H12ClNO3. The minimum Gasteiger partial charge on any atom is -0.279 e. The van der Waals surface area contributed by atoms with Gasteiger partial charge in [0.15, 0.2) is 0 Å². The van der Waals surface area contributed by atoms with Crippen LogP contribution in [0.5, 0.6) is 0 Å². The summed E-state index contributed by atoms with van der Waals surface area (Å²) < 4.78 is 0. The number of carbonyl (C=O) groups excluding carboxylic acids is 3. The molecule has 18 heavy (non-hydrogen) atoms. The Morgan fingerprint density at radius 3 is 1.89 bits per heavy atom. The first-order valence-corrected chi connectivity index (χ1v) is 5.99. The summed E-state index contributed by atoms with van der Waals surface area (Å²) in [5, 5.41) is -0.695. The van der Waals surface area contributed by atoms with E-state index in [1.165, 1.54) is 0 Å². The maximum absolute atomic E-state index is 12.2. The van der Waals surface area contributed by atoms with Crippen LogP contribution in [0.2, 0.25) is 0 Å². The Morgan fingerprint density at radius 1 is 1.11 bits per heavy atom. The zero-order valence-electron chi connectivity index (χ0n) is 10.0. The third-order valence-electron chi connectivity index (χ3n) is 2.97. The quantitative estimate of drug-likeness (QED) is 0.621. The average molecular weight is 266 g/mol. The number of rotatable bonds is 3. The molecule has 1 heterocycles. The second-order valence-corrected chi connectivity index (χ2v) is 4.89. The molecule has 5 heteroatoms. The highest BCUT2D eigenvalue weighted by Crippen LogP contribution is 2.27. The summed E-state index contributed by atoms with van der Waals surface area (Å²) in [6.45, 7) is 3.49. The van der Waals surface area contributed by atoms with Crippen molar-refractivity contribution in [1.29, 1.82) is 0 Å². The van der Waals surface area contributed by atoms with Crippen LogP contribution in [0, 0.1) is 5.92 Å². The minimum absolute atomic E-state index is 0.225. The van der Waals surface area contributed by atoms with E-state index in [9.17, 15) is 14.4 Å². The highest BCUT2D eigenvalue weighted by molar-refractivity contribution is 6.65. The number of nitrogens with zero attached hydrogens (tertiary/aromatic N) is 1. The third-order valence-corrected chi connectivity index (χ3v) is 3.19. The van der Waals surface area contributed by atoms with Gasteiger partial charge >= 0.3 is 0 Å². The van der Waals surface area contributed by atoms with Crippen molar-refractivity contribution in [1.82, 2.24) is 4.90 Å². The van der Waals surface area contributed by atoms with Crippen molar-refractivity contribution in [3.05, 3.63) is 35.4 Å². The topological polar surface area (TPSA) is 54.5 Å². The standard InChI is InChI=1S/C13H12ClNO3/c1-7(2)10(11(14)16)15-12(17)8-5-3-4-6-9(8)13(15)18/h3-7,10H,1-2H3. The van der Waals surface area contributed by atoms with E-state index in [4.69, 9.17) is 11.6 Å². The van der Waals surface area contributed by atoms with E-state index in [0.29, 0.717) is 11.1 Å². The Morgan fingerprint density at radius 2 is 1.56 bits per heavy atom. The molecule has 0 saturated heterocycles. The van der Waals surface area contributed by atoms with E-state index in [0.717, 1.165) is 4.90 Å². The van der Waals surface area contributed by atoms with Crippen molar-refractivity contribution in [3.8, 4) is 0 Å². The number of fused-ring (bicyclic) bond motifs is 1. The van der Waals surface area contributed by atoms with Crippen LogP contribution in [0.25, 0.3) is 0 Å². The lowest BCUT2D eigenvalue weighted by atomic mass is 10.0. The Bertz CT molecular complexity index is 504. The lowest BCUT2D eigenvalue weighted by molar-refractivity contribution is -0.116. The van der Waals surface area contributed by atoms with Crippen LogP contribution < -0.4 is 0 Å². The molecule has 2 amide bonds. The molecule has 0 saturated carbocycles. The Kier molecular flexibility index (Phi) is 3.22. The summed E-state index contributed by atoms with van der Waals surface area (Å²) in [5.41, 5.74) is 0.650. The van der Waals surface area contributed by atoms with Gasteiger partial charge in [0.2, 0.25) is 5.24 Å². The van der Waals surface area contributed by atoms with Crippen LogP contribution in [0.1, 0.15) is 34.6 Å². The van der Waals surface area contributed by atoms with Crippen molar-refractivity contribution in [2.75, 3.05) is 0 Å². The summed E-state index contributed by atoms with van der Waals surface area (Å²) in [7, 11) is 0. The Balaban J connectivity index is 2.47. The number of hydrogen-bond acceptors (Lipinski definition) is 3. The van der Waals surface area contributed by atoms with Gasteiger partial charge in [-0.2, -0.15) is 0 Å². The van der Waals surface area contributed by atoms with E-state index in [1.807, 2.05) is 0 Å². The number of carbonyl (C=O) groups is 3. The monoisotopic (exact) mass is 265 g/mol. The molecule has 94 valence electrons. The molecule has 0 aromatic heterocycles. The predicted molar refractivity (Wildman–Crippen MR) is 66.4 cm³/mol. The van der Waals surface area contributed by atoms with E-state index >= 15 is 0 Å². The van der Waals surface area contributed by atoms with Gasteiger partial charge in [-0.05, 0) is 29.7 Å². The highest BCUT2D eigenvalue weighted by Gasteiger charge is 2.43. The van der Waals surface area contributed by atoms with Gasteiger partial charge in [0.25, 0.3) is 11.8 Å². The number of amides is 2. The van der Waals surface area contributed by atoms with Gasteiger partial charge in [-0.3, -0.25) is 19.3 Å². The minimum atomic E-state index is -0.918. The van der Waals surface area contributed by atoms with Crippen LogP contribution in [0.15, 0.2) is 24.3 Å². The second-order valence-electron chi connectivity index (χ2n) is 4.52. The fourth-order valence-electron chi connectivity index (χ4n) is 2.12. The molecule has 1 aromatic carbocycles. The summed E-state index contributed by atoms with van der Waals surface area (Å²) in [6, 6.07) is 5.59. The molecule has 0 aliphatic carbocycles. The molecule has 2 rings (SSSR count). The lowest BCUT2D eigenvalue weighted by Crippen LogP contribution is -2.46. The third kappa shape index (κ3) is 1.82. The SMILES string of the molecule is CC(C)C(C(=O)Cl)N1C(=O)c2ccccc2C1=O. The first kappa shape index (κ1) is 12.8. The van der Waals surface area contributed by atoms with Gasteiger partial charge in [-0.25, -0.2) is 0 Å². The maximum atomic E-state index is 12.2. The van der Waals surface area contributed by atoms with E-state index in [2.05, 4.69) is 0 Å². The lowest BCUT2D eigenvalue weighted by Gasteiger charge is -2.25. The van der Waals surface area contributed by atoms with Gasteiger partial charge in [0.1, 0.15) is 6.04 Å². The molecule has 1 atom stereocenters. The van der Waals surface area contributed by atoms with Crippen LogP contribution in [0.3, 0.4) is 0 Å². The molecule has 4 nitrogen and oxygen atoms in total. The molecule has 1 aliphatic heterocycles. The zero-order valence-corrected chi connectivity index (χ0v) is 10.8. The molecular weight excluding hydrogens is 254 g/mol. The first-order chi connectivity index (χ1) is 8.45. The van der Waals surface area contributed by atoms with E-state index in [-0.39, 0.29) is 5.92 Å². The Labute approximate surface area is 110 Å². The van der Waals surface area contributed by atoms with Crippen LogP contribution in [0.4, 0.5) is 0 Å². The summed E-state index contributed by atoms with van der Waals surface area (Å²) >= 11 is 5.51. The predicted octanol–water partition coefficient (Wildman–Crippen LogP) is 2.07. The van der Waals surface area contributed by atoms with Crippen molar-refractivity contribution >= 4 is 28.7 Å². The second kappa shape index (κ2) is 4.53. The molecule has 1 aliphatic rings. The van der Waals surface area contributed by atoms with Gasteiger partial charge in [-0.15, -0.1) is 0 Å². The van der Waals surface area contributed by atoms with E-state index in [1.54, 1.807) is 38.1 Å². The van der Waals surface area contributed by atoms with Gasteiger partial charge in [0.05, 0.1) is 11.1 Å². The fourth-order valence-corrected chi connectivity index (χ4v) is 2.47. The Hall–Kier alpha value is -1.68. The van der Waals surface area contributed by atoms with Gasteiger partial charge in [0, 0.05) is 0 Å². The summed E-state index contributed by atoms with van der Waals surface area (Å²) in [4.78, 5) is 36.7. The van der Waals surface area contributed by atoms with Crippen molar-refractivity contribution in [2.45, 2.75) is 19.9 Å². The zero-order chi connectivity index (χ0) is 13.4. The number of benzene rings is 1. The normalized spacial score (nSPS) is 16.1. The van der Waals surface area contributed by atoms with Crippen LogP contribution >= 0.6 is 11.6 Å².